The number of fused-ring (bicyclic) bond motifs is 1. The van der Waals surface area contributed by atoms with Gasteiger partial charge in [0.15, 0.2) is 0 Å². The minimum Gasteiger partial charge on any atom is -0.433 e. The van der Waals surface area contributed by atoms with Gasteiger partial charge in [0.1, 0.15) is 5.75 Å². The molecule has 0 unspecified atom stereocenters. The quantitative estimate of drug-likeness (QED) is 0.743. The lowest BCUT2D eigenvalue weighted by Gasteiger charge is -2.26. The largest absolute Gasteiger partial charge is 0.433 e. The molecule has 2 aromatic rings. The summed E-state index contributed by atoms with van der Waals surface area (Å²) in [5.41, 5.74) is 1.30. The van der Waals surface area contributed by atoms with E-state index in [1.807, 2.05) is 0 Å². The summed E-state index contributed by atoms with van der Waals surface area (Å²) < 4.78 is 55.9. The maximum absolute atomic E-state index is 12.3. The predicted octanol–water partition coefficient (Wildman–Crippen LogP) is 3.34. The lowest BCUT2D eigenvalue weighted by atomic mass is 10.1. The molecule has 1 aromatic heterocycles. The molecule has 1 N–H and O–H groups in total. The molecule has 1 aromatic carbocycles. The monoisotopic (exact) mass is 422 g/mol. The zero-order chi connectivity index (χ0) is 18.7. The number of sulfonamides is 1. The minimum absolute atomic E-state index is 0.0946. The van der Waals surface area contributed by atoms with Crippen LogP contribution in [0.25, 0.3) is 0 Å². The molecule has 0 saturated carbocycles. The molecule has 0 radical (unpaired) electrons. The Morgan fingerprint density at radius 1 is 1.35 bits per heavy atom. The number of thiophene rings is 1. The van der Waals surface area contributed by atoms with E-state index in [1.165, 1.54) is 16.5 Å². The third-order valence-electron chi connectivity index (χ3n) is 4.04. The van der Waals surface area contributed by atoms with Crippen LogP contribution < -0.4 is 9.46 Å². The molecular weight excluding hydrogens is 406 g/mol. The van der Waals surface area contributed by atoms with Crippen molar-refractivity contribution < 1.29 is 21.9 Å². The van der Waals surface area contributed by atoms with Crippen LogP contribution in [0.3, 0.4) is 0 Å². The fraction of sp³-hybridized carbons (Fsp3) is 0.375. The van der Waals surface area contributed by atoms with Gasteiger partial charge in [-0.3, -0.25) is 4.90 Å². The van der Waals surface area contributed by atoms with Crippen molar-refractivity contribution in [3.63, 3.8) is 0 Å². The van der Waals surface area contributed by atoms with Crippen molar-refractivity contribution in [1.82, 2.24) is 9.62 Å². The highest BCUT2D eigenvalue weighted by Crippen LogP contribution is 2.28. The average molecular weight is 423 g/mol. The van der Waals surface area contributed by atoms with E-state index in [0.717, 1.165) is 31.6 Å². The second-order valence-electron chi connectivity index (χ2n) is 5.76. The summed E-state index contributed by atoms with van der Waals surface area (Å²) in [5.74, 6) is -0.263. The van der Waals surface area contributed by atoms with E-state index >= 15 is 0 Å². The number of alkyl halides is 2. The Labute approximate surface area is 159 Å². The van der Waals surface area contributed by atoms with Crippen LogP contribution in [0.4, 0.5) is 8.78 Å². The highest BCUT2D eigenvalue weighted by molar-refractivity contribution is 7.89. The molecule has 26 heavy (non-hydrogen) atoms. The van der Waals surface area contributed by atoms with E-state index in [2.05, 4.69) is 25.8 Å². The molecule has 0 saturated heterocycles. The Morgan fingerprint density at radius 2 is 2.15 bits per heavy atom. The van der Waals surface area contributed by atoms with Crippen LogP contribution in [0, 0.1) is 0 Å². The summed E-state index contributed by atoms with van der Waals surface area (Å²) in [7, 11) is -3.78. The molecule has 2 heterocycles. The number of nitrogens with one attached hydrogen (secondary N) is 1. The first-order valence-electron chi connectivity index (χ1n) is 7.87. The van der Waals surface area contributed by atoms with E-state index in [4.69, 9.17) is 11.6 Å². The van der Waals surface area contributed by atoms with E-state index in [-0.39, 0.29) is 22.2 Å². The smallest absolute Gasteiger partial charge is 0.387 e. The summed E-state index contributed by atoms with van der Waals surface area (Å²) in [6.45, 7) is -0.502. The first kappa shape index (κ1) is 19.5. The van der Waals surface area contributed by atoms with E-state index in [9.17, 15) is 17.2 Å². The fourth-order valence-electron chi connectivity index (χ4n) is 2.76. The van der Waals surface area contributed by atoms with Gasteiger partial charge in [-0.05, 0) is 41.6 Å². The van der Waals surface area contributed by atoms with Gasteiger partial charge in [-0.2, -0.15) is 8.78 Å². The van der Waals surface area contributed by atoms with Crippen LogP contribution in [-0.4, -0.2) is 39.6 Å². The Morgan fingerprint density at radius 3 is 2.88 bits per heavy atom. The topological polar surface area (TPSA) is 58.6 Å². The predicted molar refractivity (Wildman–Crippen MR) is 96.6 cm³/mol. The molecule has 3 rings (SSSR count). The van der Waals surface area contributed by atoms with Gasteiger partial charge in [0.05, 0.1) is 9.92 Å². The van der Waals surface area contributed by atoms with Crippen molar-refractivity contribution in [3.05, 3.63) is 45.1 Å². The number of halogens is 3. The first-order chi connectivity index (χ1) is 12.3. The second-order valence-corrected chi connectivity index (χ2v) is 8.94. The van der Waals surface area contributed by atoms with Gasteiger partial charge < -0.3 is 4.74 Å². The molecule has 0 amide bonds. The zero-order valence-electron chi connectivity index (χ0n) is 13.6. The van der Waals surface area contributed by atoms with Gasteiger partial charge in [0.25, 0.3) is 0 Å². The van der Waals surface area contributed by atoms with Gasteiger partial charge >= 0.3 is 6.61 Å². The molecule has 0 spiro atoms. The molecule has 5 nitrogen and oxygen atoms in total. The molecule has 142 valence electrons. The maximum atomic E-state index is 12.3. The van der Waals surface area contributed by atoms with Gasteiger partial charge in [-0.15, -0.1) is 11.3 Å². The summed E-state index contributed by atoms with van der Waals surface area (Å²) in [5, 5.41) is 1.89. The van der Waals surface area contributed by atoms with Crippen LogP contribution in [0.2, 0.25) is 5.02 Å². The van der Waals surface area contributed by atoms with Crippen molar-refractivity contribution in [2.24, 2.45) is 0 Å². The Bertz CT molecular complexity index is 874. The third kappa shape index (κ3) is 4.72. The Balaban J connectivity index is 1.56. The molecule has 0 atom stereocenters. The number of ether oxygens (including phenoxy) is 1. The molecule has 0 fully saturated rings. The number of hydrogen-bond acceptors (Lipinski definition) is 5. The normalized spacial score (nSPS) is 15.2. The number of benzene rings is 1. The highest BCUT2D eigenvalue weighted by atomic mass is 35.5. The van der Waals surface area contributed by atoms with E-state index < -0.39 is 16.6 Å². The lowest BCUT2D eigenvalue weighted by molar-refractivity contribution is -0.0498. The fourth-order valence-corrected chi connectivity index (χ4v) is 4.99. The standard InChI is InChI=1S/C16H17ClF2N2O3S2/c17-13-9-12(1-2-14(13)24-16(18)19)26(22,23)20-5-7-21-6-3-15-11(10-21)4-8-25-15/h1-2,4,8-9,16,20H,3,5-7,10H2. The molecular formula is C16H17ClF2N2O3S2. The number of rotatable bonds is 7. The van der Waals surface area contributed by atoms with Crippen molar-refractivity contribution in [3.8, 4) is 5.75 Å². The van der Waals surface area contributed by atoms with Gasteiger partial charge in [-0.25, -0.2) is 13.1 Å². The van der Waals surface area contributed by atoms with Crippen LogP contribution >= 0.6 is 22.9 Å². The SMILES string of the molecule is O=S(=O)(NCCN1CCc2sccc2C1)c1ccc(OC(F)F)c(Cl)c1. The second kappa shape index (κ2) is 8.18. The van der Waals surface area contributed by atoms with Crippen molar-refractivity contribution in [1.29, 1.82) is 0 Å². The van der Waals surface area contributed by atoms with E-state index in [1.54, 1.807) is 11.3 Å². The van der Waals surface area contributed by atoms with E-state index in [0.29, 0.717) is 6.54 Å². The molecule has 0 bridgehead atoms. The molecule has 1 aliphatic rings. The molecule has 0 aliphatic carbocycles. The highest BCUT2D eigenvalue weighted by Gasteiger charge is 2.20. The van der Waals surface area contributed by atoms with Crippen LogP contribution in [0.5, 0.6) is 5.75 Å². The van der Waals surface area contributed by atoms with Crippen LogP contribution in [0.1, 0.15) is 10.4 Å². The Hall–Kier alpha value is -1.26. The average Bonchev–Trinajstić information content (AvgIpc) is 3.04. The first-order valence-corrected chi connectivity index (χ1v) is 10.6. The van der Waals surface area contributed by atoms with Crippen LogP contribution in [0.15, 0.2) is 34.5 Å². The lowest BCUT2D eigenvalue weighted by Crippen LogP contribution is -2.37. The summed E-state index contributed by atoms with van der Waals surface area (Å²) in [6, 6.07) is 5.50. The summed E-state index contributed by atoms with van der Waals surface area (Å²) in [6.07, 6.45) is 0.973. The van der Waals surface area contributed by atoms with Gasteiger partial charge in [-0.1, -0.05) is 11.6 Å². The number of hydrogen-bond donors (Lipinski definition) is 1. The molecule has 10 heteroatoms. The molecule has 1 aliphatic heterocycles. The number of nitrogens with zero attached hydrogens (tertiary/aromatic N) is 1. The summed E-state index contributed by atoms with van der Waals surface area (Å²) >= 11 is 7.57. The van der Waals surface area contributed by atoms with Crippen molar-refractivity contribution >= 4 is 33.0 Å². The van der Waals surface area contributed by atoms with Gasteiger partial charge in [0.2, 0.25) is 10.0 Å². The minimum atomic E-state index is -3.78. The van der Waals surface area contributed by atoms with Crippen molar-refractivity contribution in [2.45, 2.75) is 24.5 Å². The maximum Gasteiger partial charge on any atom is 0.387 e. The van der Waals surface area contributed by atoms with Gasteiger partial charge in [0, 0.05) is 31.1 Å². The van der Waals surface area contributed by atoms with Crippen LogP contribution in [-0.2, 0) is 23.0 Å². The van der Waals surface area contributed by atoms with Crippen molar-refractivity contribution in [2.75, 3.05) is 19.6 Å². The zero-order valence-corrected chi connectivity index (χ0v) is 16.0. The third-order valence-corrected chi connectivity index (χ3v) is 6.81. The summed E-state index contributed by atoms with van der Waals surface area (Å²) in [4.78, 5) is 3.48. The Kier molecular flexibility index (Phi) is 6.13.